The van der Waals surface area contributed by atoms with E-state index in [0.717, 1.165) is 18.5 Å². The van der Waals surface area contributed by atoms with Crippen LogP contribution in [-0.2, 0) is 35.8 Å². The van der Waals surface area contributed by atoms with Gasteiger partial charge in [-0.3, -0.25) is 14.6 Å². The third kappa shape index (κ3) is 7.26. The average Bonchev–Trinajstić information content (AvgIpc) is 3.03. The van der Waals surface area contributed by atoms with Gasteiger partial charge in [0.15, 0.2) is 0 Å². The fourth-order valence-electron chi connectivity index (χ4n) is 5.50. The van der Waals surface area contributed by atoms with Crippen molar-refractivity contribution in [3.8, 4) is 11.3 Å². The monoisotopic (exact) mass is 659 g/mol. The van der Waals surface area contributed by atoms with Gasteiger partial charge in [0.25, 0.3) is 11.5 Å². The minimum atomic E-state index is -4.67. The molecule has 47 heavy (non-hydrogen) atoms. The Morgan fingerprint density at radius 2 is 1.72 bits per heavy atom. The van der Waals surface area contributed by atoms with E-state index in [9.17, 15) is 36.3 Å². The van der Waals surface area contributed by atoms with Crippen LogP contribution in [0.3, 0.4) is 0 Å². The number of nitrogens with zero attached hydrogens (tertiary/aromatic N) is 3. The van der Waals surface area contributed by atoms with Crippen molar-refractivity contribution in [3.05, 3.63) is 87.1 Å². The van der Waals surface area contributed by atoms with Gasteiger partial charge in [-0.15, -0.1) is 0 Å². The van der Waals surface area contributed by atoms with Gasteiger partial charge in [-0.1, -0.05) is 39.0 Å². The molecule has 2 aromatic heterocycles. The lowest BCUT2D eigenvalue weighted by Crippen LogP contribution is -2.43. The predicted octanol–water partition coefficient (Wildman–Crippen LogP) is 5.67. The number of aromatic nitrogens is 3. The highest BCUT2D eigenvalue weighted by Crippen LogP contribution is 2.30. The van der Waals surface area contributed by atoms with Crippen LogP contribution in [0.4, 0.5) is 27.6 Å². The van der Waals surface area contributed by atoms with Crippen LogP contribution >= 0.6 is 0 Å². The Balaban J connectivity index is 1.69. The molecule has 4 aromatic rings. The van der Waals surface area contributed by atoms with Crippen LogP contribution in [0.5, 0.6) is 0 Å². The van der Waals surface area contributed by atoms with Gasteiger partial charge < -0.3 is 19.9 Å². The molecule has 0 aliphatic rings. The summed E-state index contributed by atoms with van der Waals surface area (Å²) in [6, 6.07) is 4.27. The van der Waals surface area contributed by atoms with E-state index in [-0.39, 0.29) is 17.7 Å². The Bertz CT molecular complexity index is 1850. The van der Waals surface area contributed by atoms with Gasteiger partial charge in [0.1, 0.15) is 35.0 Å². The summed E-state index contributed by atoms with van der Waals surface area (Å²) in [4.78, 5) is 48.4. The maximum Gasteiger partial charge on any atom is 0.408 e. The van der Waals surface area contributed by atoms with Crippen LogP contribution in [0.2, 0.25) is 0 Å². The SMILES string of the molecule is CCc1nc(-c2ccc(C[C@H](NC(=O)c3c(F)cc(N[C@H](CC)C(F)(F)F)cc3F)C(=O)OC)c3cccnc23)c(=O)n(C)c1CC. The zero-order chi connectivity index (χ0) is 34.6. The smallest absolute Gasteiger partial charge is 0.408 e. The molecule has 0 unspecified atom stereocenters. The molecule has 0 bridgehead atoms. The zero-order valence-corrected chi connectivity index (χ0v) is 26.4. The molecule has 0 radical (unpaired) electrons. The Labute approximate surface area is 267 Å². The molecule has 2 atom stereocenters. The van der Waals surface area contributed by atoms with Crippen molar-refractivity contribution in [2.24, 2.45) is 7.05 Å². The molecule has 250 valence electrons. The van der Waals surface area contributed by atoms with E-state index in [1.165, 1.54) is 13.1 Å². The number of esters is 1. The number of methoxy groups -OCH3 is 1. The van der Waals surface area contributed by atoms with Crippen LogP contribution in [0.25, 0.3) is 22.2 Å². The van der Waals surface area contributed by atoms with Gasteiger partial charge in [-0.05, 0) is 43.0 Å². The Morgan fingerprint density at radius 3 is 2.30 bits per heavy atom. The second kappa shape index (κ2) is 14.3. The van der Waals surface area contributed by atoms with Gasteiger partial charge in [-0.2, -0.15) is 13.2 Å². The minimum Gasteiger partial charge on any atom is -0.467 e. The minimum absolute atomic E-state index is 0.194. The number of anilines is 1. The summed E-state index contributed by atoms with van der Waals surface area (Å²) in [6.45, 7) is 5.13. The second-order valence-corrected chi connectivity index (χ2v) is 10.8. The molecule has 0 saturated heterocycles. The first kappa shape index (κ1) is 35.0. The molecule has 0 aliphatic heterocycles. The lowest BCUT2D eigenvalue weighted by Gasteiger charge is -2.22. The van der Waals surface area contributed by atoms with Crippen LogP contribution in [0.15, 0.2) is 47.4 Å². The molecule has 0 aliphatic carbocycles. The van der Waals surface area contributed by atoms with E-state index < -0.39 is 59.4 Å². The topological polar surface area (TPSA) is 115 Å². The lowest BCUT2D eigenvalue weighted by atomic mass is 9.96. The number of rotatable bonds is 11. The number of halogens is 5. The fraction of sp³-hybridized carbons (Fsp3) is 0.364. The number of hydrogen-bond donors (Lipinski definition) is 2. The van der Waals surface area contributed by atoms with E-state index >= 15 is 0 Å². The van der Waals surface area contributed by atoms with Crippen molar-refractivity contribution >= 4 is 28.5 Å². The van der Waals surface area contributed by atoms with Crippen molar-refractivity contribution in [2.45, 2.75) is 64.7 Å². The summed E-state index contributed by atoms with van der Waals surface area (Å²) in [5.74, 6) is -5.11. The molecule has 2 heterocycles. The van der Waals surface area contributed by atoms with Crippen LogP contribution < -0.4 is 16.2 Å². The maximum absolute atomic E-state index is 15.0. The number of benzene rings is 2. The first-order valence-corrected chi connectivity index (χ1v) is 14.9. The summed E-state index contributed by atoms with van der Waals surface area (Å²) in [6.07, 6.45) is -2.53. The number of carbonyl (C=O) groups is 2. The summed E-state index contributed by atoms with van der Waals surface area (Å²) in [7, 11) is 2.75. The van der Waals surface area contributed by atoms with Crippen LogP contribution in [-0.4, -0.2) is 51.8 Å². The highest BCUT2D eigenvalue weighted by molar-refractivity contribution is 5.98. The van der Waals surface area contributed by atoms with Crippen molar-refractivity contribution in [3.63, 3.8) is 0 Å². The average molecular weight is 660 g/mol. The third-order valence-corrected chi connectivity index (χ3v) is 7.91. The Hall–Kier alpha value is -4.88. The quantitative estimate of drug-likeness (QED) is 0.158. The predicted molar refractivity (Wildman–Crippen MR) is 166 cm³/mol. The molecule has 1 amide bonds. The normalized spacial score (nSPS) is 12.9. The molecule has 2 N–H and O–H groups in total. The highest BCUT2D eigenvalue weighted by Gasteiger charge is 2.38. The number of nitrogens with one attached hydrogen (secondary N) is 2. The van der Waals surface area contributed by atoms with Crippen molar-refractivity contribution in [1.82, 2.24) is 19.9 Å². The summed E-state index contributed by atoms with van der Waals surface area (Å²) < 4.78 is 75.8. The largest absolute Gasteiger partial charge is 0.467 e. The molecule has 0 spiro atoms. The number of amides is 1. The number of alkyl halides is 3. The molecule has 9 nitrogen and oxygen atoms in total. The van der Waals surface area contributed by atoms with Crippen molar-refractivity contribution in [1.29, 1.82) is 0 Å². The molecular formula is C33H34F5N5O4. The van der Waals surface area contributed by atoms with E-state index in [4.69, 9.17) is 4.74 Å². The Kier molecular flexibility index (Phi) is 10.6. The van der Waals surface area contributed by atoms with Crippen LogP contribution in [0.1, 0.15) is 54.5 Å². The summed E-state index contributed by atoms with van der Waals surface area (Å²) >= 11 is 0. The number of ether oxygens (including phenoxy) is 1. The fourth-order valence-corrected chi connectivity index (χ4v) is 5.50. The second-order valence-electron chi connectivity index (χ2n) is 10.8. The molecule has 0 fully saturated rings. The maximum atomic E-state index is 15.0. The summed E-state index contributed by atoms with van der Waals surface area (Å²) in [5, 5.41) is 4.84. The van der Waals surface area contributed by atoms with E-state index in [0.29, 0.717) is 47.0 Å². The first-order valence-electron chi connectivity index (χ1n) is 14.9. The zero-order valence-electron chi connectivity index (χ0n) is 26.4. The van der Waals surface area contributed by atoms with Gasteiger partial charge in [0.2, 0.25) is 0 Å². The van der Waals surface area contributed by atoms with Gasteiger partial charge in [-0.25, -0.2) is 18.6 Å². The molecular weight excluding hydrogens is 625 g/mol. The Morgan fingerprint density at radius 1 is 1.04 bits per heavy atom. The molecule has 2 aromatic carbocycles. The number of aryl methyl sites for hydroxylation is 1. The van der Waals surface area contributed by atoms with E-state index in [1.807, 2.05) is 19.2 Å². The van der Waals surface area contributed by atoms with Gasteiger partial charge in [0, 0.05) is 42.0 Å². The van der Waals surface area contributed by atoms with E-state index in [2.05, 4.69) is 15.3 Å². The standard InChI is InChI=1S/C33H34F5N5O4/c1-6-23-25(7-2)43(4)31(45)29(41-23)20-12-11-17(19-10-9-13-39-28(19)20)14-24(32(46)47-5)42-30(44)27-21(34)15-18(16-22(27)35)40-26(8-3)33(36,37)38/h9-13,15-16,24,26,40H,6-8,14H2,1-5H3,(H,42,44)/t24-,26+/m0/s1. The molecule has 4 rings (SSSR count). The number of fused-ring (bicyclic) bond motifs is 1. The van der Waals surface area contributed by atoms with Gasteiger partial charge in [0.05, 0.1) is 18.3 Å². The number of carbonyl (C=O) groups excluding carboxylic acids is 2. The highest BCUT2D eigenvalue weighted by atomic mass is 19.4. The van der Waals surface area contributed by atoms with Crippen LogP contribution in [0, 0.1) is 11.6 Å². The van der Waals surface area contributed by atoms with E-state index in [1.54, 1.807) is 35.9 Å². The van der Waals surface area contributed by atoms with Gasteiger partial charge >= 0.3 is 12.1 Å². The number of hydrogen-bond acceptors (Lipinski definition) is 7. The third-order valence-electron chi connectivity index (χ3n) is 7.91. The molecule has 0 saturated carbocycles. The van der Waals surface area contributed by atoms with Crippen molar-refractivity contribution < 1.29 is 36.3 Å². The first-order chi connectivity index (χ1) is 22.2. The molecule has 14 heteroatoms. The lowest BCUT2D eigenvalue weighted by molar-refractivity contribution is -0.143. The van der Waals surface area contributed by atoms with Crippen molar-refractivity contribution in [2.75, 3.05) is 12.4 Å². The summed E-state index contributed by atoms with van der Waals surface area (Å²) in [5.41, 5.74) is 1.21. The number of pyridine rings is 1.